The normalized spacial score (nSPS) is 21.0. The molecule has 2 amide bonds. The van der Waals surface area contributed by atoms with Crippen LogP contribution in [0.25, 0.3) is 0 Å². The fourth-order valence-electron chi connectivity index (χ4n) is 2.50. The molecule has 1 aliphatic rings. The average molecular weight is 404 g/mol. The first kappa shape index (κ1) is 20.8. The van der Waals surface area contributed by atoms with Crippen LogP contribution in [0.15, 0.2) is 17.5 Å². The zero-order chi connectivity index (χ0) is 19.5. The van der Waals surface area contributed by atoms with Gasteiger partial charge in [-0.3, -0.25) is 9.59 Å². The Kier molecular flexibility index (Phi) is 6.43. The lowest BCUT2D eigenvalue weighted by Gasteiger charge is -2.28. The summed E-state index contributed by atoms with van der Waals surface area (Å²) in [7, 11) is -0.452. The van der Waals surface area contributed by atoms with Crippen molar-refractivity contribution in [3.05, 3.63) is 22.4 Å². The van der Waals surface area contributed by atoms with Gasteiger partial charge in [0, 0.05) is 20.0 Å². The maximum atomic E-state index is 12.6. The Hall–Kier alpha value is -1.49. The fourth-order valence-corrected chi connectivity index (χ4v) is 4.29. The van der Waals surface area contributed by atoms with Gasteiger partial charge in [0.15, 0.2) is 0 Å². The van der Waals surface area contributed by atoms with E-state index in [1.54, 1.807) is 31.4 Å². The smallest absolute Gasteiger partial charge is 0.262 e. The molecule has 1 fully saturated rings. The number of amides is 2. The lowest BCUT2D eigenvalue weighted by Crippen LogP contribution is -2.58. The van der Waals surface area contributed by atoms with Gasteiger partial charge in [-0.25, -0.2) is 12.7 Å². The van der Waals surface area contributed by atoms with Crippen molar-refractivity contribution in [2.45, 2.75) is 25.4 Å². The number of rotatable bonds is 7. The van der Waals surface area contributed by atoms with Crippen LogP contribution in [0, 0.1) is 5.92 Å². The Balaban J connectivity index is 1.99. The summed E-state index contributed by atoms with van der Waals surface area (Å²) in [5.41, 5.74) is -1.14. The predicted molar refractivity (Wildman–Crippen MR) is 99.6 cm³/mol. The minimum absolute atomic E-state index is 0.104. The van der Waals surface area contributed by atoms with Gasteiger partial charge in [0.1, 0.15) is 5.54 Å². The number of carbonyl (C=O) groups excluding carboxylic acids is 2. The zero-order valence-electron chi connectivity index (χ0n) is 15.3. The van der Waals surface area contributed by atoms with Crippen LogP contribution < -0.4 is 10.6 Å². The van der Waals surface area contributed by atoms with Crippen LogP contribution in [0.4, 0.5) is 0 Å². The molecule has 1 aliphatic heterocycles. The summed E-state index contributed by atoms with van der Waals surface area (Å²) in [5, 5.41) is 7.31. The molecule has 1 saturated heterocycles. The molecule has 2 rings (SSSR count). The molecule has 10 heteroatoms. The van der Waals surface area contributed by atoms with Crippen molar-refractivity contribution in [3.8, 4) is 0 Å². The number of hydrogen-bond acceptors (Lipinski definition) is 6. The maximum absolute atomic E-state index is 12.6. The van der Waals surface area contributed by atoms with E-state index in [-0.39, 0.29) is 36.7 Å². The van der Waals surface area contributed by atoms with E-state index >= 15 is 0 Å². The van der Waals surface area contributed by atoms with Gasteiger partial charge < -0.3 is 15.4 Å². The maximum Gasteiger partial charge on any atom is 0.262 e. The van der Waals surface area contributed by atoms with Gasteiger partial charge >= 0.3 is 0 Å². The van der Waals surface area contributed by atoms with Gasteiger partial charge in [-0.1, -0.05) is 6.07 Å². The van der Waals surface area contributed by atoms with Gasteiger partial charge in [0.05, 0.1) is 29.9 Å². The topological polar surface area (TPSA) is 105 Å². The summed E-state index contributed by atoms with van der Waals surface area (Å²) >= 11 is 1.29. The average Bonchev–Trinajstić information content (AvgIpc) is 3.18. The molecular weight excluding hydrogens is 378 g/mol. The highest BCUT2D eigenvalue weighted by molar-refractivity contribution is 7.89. The molecule has 0 aromatic carbocycles. The largest absolute Gasteiger partial charge is 0.379 e. The first-order chi connectivity index (χ1) is 12.0. The van der Waals surface area contributed by atoms with E-state index < -0.39 is 21.6 Å². The molecule has 2 N–H and O–H groups in total. The third kappa shape index (κ3) is 5.03. The number of nitrogens with one attached hydrogen (secondary N) is 2. The van der Waals surface area contributed by atoms with E-state index in [1.807, 2.05) is 0 Å². The van der Waals surface area contributed by atoms with Crippen LogP contribution >= 0.6 is 11.3 Å². The van der Waals surface area contributed by atoms with Crippen molar-refractivity contribution in [2.24, 2.45) is 5.92 Å². The molecular formula is C16H25N3O5S2. The Morgan fingerprint density at radius 2 is 2.04 bits per heavy atom. The molecule has 0 radical (unpaired) electrons. The van der Waals surface area contributed by atoms with Gasteiger partial charge in [-0.05, 0) is 25.3 Å². The monoisotopic (exact) mass is 403 g/mol. The molecule has 2 atom stereocenters. The van der Waals surface area contributed by atoms with Crippen LogP contribution in [0.1, 0.15) is 23.5 Å². The summed E-state index contributed by atoms with van der Waals surface area (Å²) < 4.78 is 30.7. The molecule has 0 aliphatic carbocycles. The number of hydrogen-bond donors (Lipinski definition) is 2. The Bertz CT molecular complexity index is 744. The fraction of sp³-hybridized carbons (Fsp3) is 0.625. The molecule has 8 nitrogen and oxygen atoms in total. The van der Waals surface area contributed by atoms with Gasteiger partial charge in [0.2, 0.25) is 15.9 Å². The molecule has 0 bridgehead atoms. The highest BCUT2D eigenvalue weighted by Crippen LogP contribution is 2.18. The second-order valence-corrected chi connectivity index (χ2v) is 10.2. The quantitative estimate of drug-likeness (QED) is 0.680. The molecule has 1 aromatic rings. The molecule has 0 saturated carbocycles. The molecule has 1 aromatic heterocycles. The summed E-state index contributed by atoms with van der Waals surface area (Å²) in [5.74, 6) is -1.15. The van der Waals surface area contributed by atoms with Crippen LogP contribution in [0.3, 0.4) is 0 Å². The zero-order valence-corrected chi connectivity index (χ0v) is 16.9. The van der Waals surface area contributed by atoms with E-state index in [0.29, 0.717) is 4.88 Å². The second-order valence-electron chi connectivity index (χ2n) is 6.99. The first-order valence-electron chi connectivity index (χ1n) is 8.18. The molecule has 26 heavy (non-hydrogen) atoms. The van der Waals surface area contributed by atoms with Crippen LogP contribution in [-0.4, -0.2) is 69.2 Å². The Labute approximate surface area is 158 Å². The van der Waals surface area contributed by atoms with E-state index in [4.69, 9.17) is 4.74 Å². The molecule has 0 spiro atoms. The van der Waals surface area contributed by atoms with Crippen molar-refractivity contribution >= 4 is 33.2 Å². The van der Waals surface area contributed by atoms with Gasteiger partial charge in [-0.2, -0.15) is 0 Å². The third-order valence-electron chi connectivity index (χ3n) is 4.23. The molecule has 0 unspecified atom stereocenters. The Morgan fingerprint density at radius 1 is 1.35 bits per heavy atom. The van der Waals surface area contributed by atoms with Crippen molar-refractivity contribution < 1.29 is 22.7 Å². The standard InChI is InChI=1S/C16H25N3O5S2/c1-16(2,18-14(20)13-6-5-7-25-13)15(21)17-12-9-24-8-11(12)10-26(22,23)19(3)4/h5-7,11-12H,8-10H2,1-4H3,(H,17,21)(H,18,20)/t11-,12+/m0/s1. The van der Waals surface area contributed by atoms with Crippen molar-refractivity contribution in [1.82, 2.24) is 14.9 Å². The van der Waals surface area contributed by atoms with E-state index in [0.717, 1.165) is 4.31 Å². The third-order valence-corrected chi connectivity index (χ3v) is 7.07. The lowest BCUT2D eigenvalue weighted by atomic mass is 10.0. The second kappa shape index (κ2) is 8.03. The van der Waals surface area contributed by atoms with E-state index in [9.17, 15) is 18.0 Å². The van der Waals surface area contributed by atoms with Gasteiger partial charge in [-0.15, -0.1) is 11.3 Å². The number of carbonyl (C=O) groups is 2. The Morgan fingerprint density at radius 3 is 2.62 bits per heavy atom. The minimum Gasteiger partial charge on any atom is -0.379 e. The van der Waals surface area contributed by atoms with Crippen molar-refractivity contribution in [1.29, 1.82) is 0 Å². The summed E-state index contributed by atoms with van der Waals surface area (Å²) in [4.78, 5) is 25.4. The number of sulfonamides is 1. The van der Waals surface area contributed by atoms with E-state index in [2.05, 4.69) is 10.6 Å². The molecule has 146 valence electrons. The van der Waals surface area contributed by atoms with Crippen LogP contribution in [0.5, 0.6) is 0 Å². The lowest BCUT2D eigenvalue weighted by molar-refractivity contribution is -0.127. The predicted octanol–water partition coefficient (Wildman–Crippen LogP) is 0.279. The highest BCUT2D eigenvalue weighted by atomic mass is 32.2. The summed E-state index contributed by atoms with van der Waals surface area (Å²) in [6.07, 6.45) is 0. The summed E-state index contributed by atoms with van der Waals surface area (Å²) in [6.45, 7) is 3.72. The SMILES string of the molecule is CN(C)S(=O)(=O)C[C@@H]1COC[C@H]1NC(=O)C(C)(C)NC(=O)c1cccs1. The number of ether oxygens (including phenoxy) is 1. The van der Waals surface area contributed by atoms with E-state index in [1.165, 1.54) is 25.4 Å². The van der Waals surface area contributed by atoms with Crippen LogP contribution in [-0.2, 0) is 19.6 Å². The van der Waals surface area contributed by atoms with Crippen LogP contribution in [0.2, 0.25) is 0 Å². The van der Waals surface area contributed by atoms with Crippen molar-refractivity contribution in [3.63, 3.8) is 0 Å². The minimum atomic E-state index is -3.40. The summed E-state index contributed by atoms with van der Waals surface area (Å²) in [6, 6.07) is 3.02. The van der Waals surface area contributed by atoms with Gasteiger partial charge in [0.25, 0.3) is 5.91 Å². The molecule has 2 heterocycles. The first-order valence-corrected chi connectivity index (χ1v) is 10.7. The van der Waals surface area contributed by atoms with Crippen molar-refractivity contribution in [2.75, 3.05) is 33.1 Å². The number of nitrogens with zero attached hydrogens (tertiary/aromatic N) is 1. The number of thiophene rings is 1. The highest BCUT2D eigenvalue weighted by Gasteiger charge is 2.38.